The molecule has 0 fully saturated rings. The summed E-state index contributed by atoms with van der Waals surface area (Å²) in [4.78, 5) is 5.59. The monoisotopic (exact) mass is 259 g/mol. The van der Waals surface area contributed by atoms with E-state index in [-0.39, 0.29) is 6.04 Å². The molecule has 0 spiro atoms. The van der Waals surface area contributed by atoms with Crippen molar-refractivity contribution in [3.63, 3.8) is 0 Å². The van der Waals surface area contributed by atoms with Crippen molar-refractivity contribution in [2.75, 3.05) is 0 Å². The van der Waals surface area contributed by atoms with Gasteiger partial charge in [0.05, 0.1) is 11.2 Å². The van der Waals surface area contributed by atoms with Gasteiger partial charge in [-0.3, -0.25) is 0 Å². The second-order valence-electron chi connectivity index (χ2n) is 4.77. The first-order valence-electron chi connectivity index (χ1n) is 6.22. The number of fused-ring (bicyclic) bond motifs is 1. The van der Waals surface area contributed by atoms with Crippen molar-refractivity contribution in [1.29, 1.82) is 0 Å². The second kappa shape index (κ2) is 4.80. The van der Waals surface area contributed by atoms with Crippen LogP contribution in [0.5, 0.6) is 0 Å². The third-order valence-corrected chi connectivity index (χ3v) is 4.55. The van der Waals surface area contributed by atoms with Crippen molar-refractivity contribution in [2.24, 2.45) is 5.73 Å². The SMILES string of the molecule is Cc1ncsc1CNC1CC(N)c2ccccc21. The molecule has 0 radical (unpaired) electrons. The molecule has 18 heavy (non-hydrogen) atoms. The molecule has 0 amide bonds. The molecule has 0 saturated heterocycles. The zero-order valence-electron chi connectivity index (χ0n) is 10.4. The summed E-state index contributed by atoms with van der Waals surface area (Å²) < 4.78 is 0. The van der Waals surface area contributed by atoms with Crippen LogP contribution in [0, 0.1) is 6.92 Å². The maximum absolute atomic E-state index is 6.17. The fraction of sp³-hybridized carbons (Fsp3) is 0.357. The zero-order valence-corrected chi connectivity index (χ0v) is 11.2. The number of hydrogen-bond acceptors (Lipinski definition) is 4. The number of nitrogens with two attached hydrogens (primary N) is 1. The number of benzene rings is 1. The predicted octanol–water partition coefficient (Wildman–Crippen LogP) is 2.69. The van der Waals surface area contributed by atoms with Crippen LogP contribution in [0.15, 0.2) is 29.8 Å². The lowest BCUT2D eigenvalue weighted by Gasteiger charge is -2.13. The van der Waals surface area contributed by atoms with E-state index in [4.69, 9.17) is 5.73 Å². The minimum atomic E-state index is 0.168. The molecule has 2 unspecified atom stereocenters. The number of rotatable bonds is 3. The molecule has 3 nitrogen and oxygen atoms in total. The first kappa shape index (κ1) is 11.8. The minimum Gasteiger partial charge on any atom is -0.324 e. The van der Waals surface area contributed by atoms with Gasteiger partial charge in [0.25, 0.3) is 0 Å². The van der Waals surface area contributed by atoms with Gasteiger partial charge in [0.15, 0.2) is 0 Å². The van der Waals surface area contributed by atoms with Gasteiger partial charge >= 0.3 is 0 Å². The highest BCUT2D eigenvalue weighted by molar-refractivity contribution is 7.09. The molecular weight excluding hydrogens is 242 g/mol. The number of aryl methyl sites for hydroxylation is 1. The first-order valence-corrected chi connectivity index (χ1v) is 7.10. The smallest absolute Gasteiger partial charge is 0.0798 e. The van der Waals surface area contributed by atoms with Gasteiger partial charge in [-0.25, -0.2) is 4.98 Å². The Kier molecular flexibility index (Phi) is 3.16. The Morgan fingerprint density at radius 2 is 2.17 bits per heavy atom. The van der Waals surface area contributed by atoms with E-state index >= 15 is 0 Å². The summed E-state index contributed by atoms with van der Waals surface area (Å²) in [6.45, 7) is 2.93. The Morgan fingerprint density at radius 3 is 2.89 bits per heavy atom. The Morgan fingerprint density at radius 1 is 1.39 bits per heavy atom. The molecular formula is C14H17N3S. The lowest BCUT2D eigenvalue weighted by molar-refractivity contribution is 0.500. The van der Waals surface area contributed by atoms with Gasteiger partial charge in [-0.15, -0.1) is 11.3 Å². The van der Waals surface area contributed by atoms with Gasteiger partial charge in [0.1, 0.15) is 0 Å². The molecule has 0 saturated carbocycles. The molecule has 3 N–H and O–H groups in total. The van der Waals surface area contributed by atoms with E-state index in [1.807, 2.05) is 5.51 Å². The number of aromatic nitrogens is 1. The van der Waals surface area contributed by atoms with E-state index in [0.29, 0.717) is 6.04 Å². The van der Waals surface area contributed by atoms with Crippen molar-refractivity contribution in [3.05, 3.63) is 51.5 Å². The van der Waals surface area contributed by atoms with Crippen LogP contribution in [0.3, 0.4) is 0 Å². The van der Waals surface area contributed by atoms with Crippen molar-refractivity contribution in [3.8, 4) is 0 Å². The summed E-state index contributed by atoms with van der Waals surface area (Å²) in [5, 5.41) is 3.60. The average molecular weight is 259 g/mol. The lowest BCUT2D eigenvalue weighted by Crippen LogP contribution is -2.19. The summed E-state index contributed by atoms with van der Waals surface area (Å²) in [5.41, 5.74) is 11.8. The normalized spacial score (nSPS) is 22.1. The fourth-order valence-corrected chi connectivity index (χ4v) is 3.31. The van der Waals surface area contributed by atoms with E-state index in [1.165, 1.54) is 16.0 Å². The van der Waals surface area contributed by atoms with Gasteiger partial charge in [-0.05, 0) is 24.5 Å². The summed E-state index contributed by atoms with van der Waals surface area (Å²) in [6.07, 6.45) is 0.983. The average Bonchev–Trinajstić information content (AvgIpc) is 2.92. The van der Waals surface area contributed by atoms with E-state index in [1.54, 1.807) is 11.3 Å². The molecule has 1 aliphatic carbocycles. The molecule has 4 heteroatoms. The highest BCUT2D eigenvalue weighted by atomic mass is 32.1. The van der Waals surface area contributed by atoms with Crippen molar-refractivity contribution < 1.29 is 0 Å². The van der Waals surface area contributed by atoms with Crippen molar-refractivity contribution in [2.45, 2.75) is 32.0 Å². The van der Waals surface area contributed by atoms with Gasteiger partial charge < -0.3 is 11.1 Å². The number of hydrogen-bond donors (Lipinski definition) is 2. The van der Waals surface area contributed by atoms with E-state index in [9.17, 15) is 0 Å². The molecule has 3 rings (SSSR count). The van der Waals surface area contributed by atoms with Crippen LogP contribution in [0.2, 0.25) is 0 Å². The summed E-state index contributed by atoms with van der Waals surface area (Å²) in [7, 11) is 0. The van der Waals surface area contributed by atoms with Crippen LogP contribution in [-0.4, -0.2) is 4.98 Å². The first-order chi connectivity index (χ1) is 8.75. The highest BCUT2D eigenvalue weighted by Gasteiger charge is 2.27. The molecule has 94 valence electrons. The number of thiazole rings is 1. The predicted molar refractivity (Wildman–Crippen MR) is 74.4 cm³/mol. The summed E-state index contributed by atoms with van der Waals surface area (Å²) >= 11 is 1.71. The van der Waals surface area contributed by atoms with Crippen molar-refractivity contribution >= 4 is 11.3 Å². The number of nitrogens with one attached hydrogen (secondary N) is 1. The summed E-state index contributed by atoms with van der Waals surface area (Å²) in [5.74, 6) is 0. The summed E-state index contributed by atoms with van der Waals surface area (Å²) in [6, 6.07) is 9.01. The van der Waals surface area contributed by atoms with Crippen LogP contribution in [-0.2, 0) is 6.54 Å². The largest absolute Gasteiger partial charge is 0.324 e. The van der Waals surface area contributed by atoms with Crippen LogP contribution in [0.4, 0.5) is 0 Å². The van der Waals surface area contributed by atoms with Crippen LogP contribution >= 0.6 is 11.3 Å². The van der Waals surface area contributed by atoms with Gasteiger partial charge in [0, 0.05) is 23.5 Å². The third-order valence-electron chi connectivity index (χ3n) is 3.61. The van der Waals surface area contributed by atoms with Crippen molar-refractivity contribution in [1.82, 2.24) is 10.3 Å². The fourth-order valence-electron chi connectivity index (χ4n) is 2.58. The molecule has 1 aliphatic rings. The Bertz CT molecular complexity index is 549. The molecule has 1 aromatic heterocycles. The number of nitrogens with zero attached hydrogens (tertiary/aromatic N) is 1. The Labute approximate surface area is 111 Å². The molecule has 2 atom stereocenters. The Hall–Kier alpha value is -1.23. The van der Waals surface area contributed by atoms with Crippen LogP contribution in [0.1, 0.15) is 40.2 Å². The van der Waals surface area contributed by atoms with Gasteiger partial charge in [-0.2, -0.15) is 0 Å². The van der Waals surface area contributed by atoms with Gasteiger partial charge in [0.2, 0.25) is 0 Å². The second-order valence-corrected chi connectivity index (χ2v) is 5.70. The molecule has 0 bridgehead atoms. The van der Waals surface area contributed by atoms with E-state index < -0.39 is 0 Å². The molecule has 0 aliphatic heterocycles. The maximum Gasteiger partial charge on any atom is 0.0798 e. The molecule has 1 aromatic carbocycles. The van der Waals surface area contributed by atoms with Crippen LogP contribution in [0.25, 0.3) is 0 Å². The zero-order chi connectivity index (χ0) is 12.5. The lowest BCUT2D eigenvalue weighted by atomic mass is 10.1. The maximum atomic E-state index is 6.17. The topological polar surface area (TPSA) is 50.9 Å². The van der Waals surface area contributed by atoms with Gasteiger partial charge in [-0.1, -0.05) is 24.3 Å². The van der Waals surface area contributed by atoms with Crippen LogP contribution < -0.4 is 11.1 Å². The van der Waals surface area contributed by atoms with E-state index in [0.717, 1.165) is 18.7 Å². The Balaban J connectivity index is 1.74. The van der Waals surface area contributed by atoms with E-state index in [2.05, 4.69) is 41.5 Å². The molecule has 2 aromatic rings. The quantitative estimate of drug-likeness (QED) is 0.891. The standard InChI is InChI=1S/C14H17N3S/c1-9-14(18-8-17-9)7-16-13-6-12(15)10-4-2-3-5-11(10)13/h2-5,8,12-13,16H,6-7,15H2,1H3. The molecule has 1 heterocycles. The minimum absolute atomic E-state index is 0.168. The highest BCUT2D eigenvalue weighted by Crippen LogP contribution is 2.37. The third kappa shape index (κ3) is 2.07.